The van der Waals surface area contributed by atoms with Crippen LogP contribution < -0.4 is 4.18 Å². The molecule has 0 heterocycles. The van der Waals surface area contributed by atoms with E-state index in [1.165, 1.54) is 12.1 Å². The average Bonchev–Trinajstić information content (AvgIpc) is 2.82. The normalized spacial score (nSPS) is 12.7. The fraction of sp³-hybridized carbons (Fsp3) is 0.240. The molecule has 0 saturated carbocycles. The molecule has 3 aromatic rings. The van der Waals surface area contributed by atoms with E-state index in [2.05, 4.69) is 15.9 Å². The molecule has 0 fully saturated rings. The number of alkyl halides is 3. The van der Waals surface area contributed by atoms with Crippen molar-refractivity contribution < 1.29 is 30.6 Å². The van der Waals surface area contributed by atoms with Crippen LogP contribution in [0.1, 0.15) is 41.8 Å². The fourth-order valence-corrected chi connectivity index (χ4v) is 4.50. The van der Waals surface area contributed by atoms with Gasteiger partial charge in [-0.15, -0.1) is 0 Å². The largest absolute Gasteiger partial charge is 0.416 e. The lowest BCUT2D eigenvalue weighted by Crippen LogP contribution is -2.37. The van der Waals surface area contributed by atoms with Crippen molar-refractivity contribution in [3.63, 3.8) is 0 Å². The number of carbonyl (C=O) groups excluding carboxylic acids is 1. The molecular formula is C25H23BrF3NO4S. The molecule has 5 nitrogen and oxygen atoms in total. The van der Waals surface area contributed by atoms with Gasteiger partial charge in [0.2, 0.25) is 0 Å². The summed E-state index contributed by atoms with van der Waals surface area (Å²) in [6, 6.07) is 16.4. The zero-order chi connectivity index (χ0) is 25.8. The van der Waals surface area contributed by atoms with Crippen molar-refractivity contribution in [2.45, 2.75) is 43.9 Å². The molecular weight excluding hydrogens is 547 g/mol. The van der Waals surface area contributed by atoms with Crippen LogP contribution in [0.3, 0.4) is 0 Å². The lowest BCUT2D eigenvalue weighted by Gasteiger charge is -2.29. The zero-order valence-corrected chi connectivity index (χ0v) is 21.3. The summed E-state index contributed by atoms with van der Waals surface area (Å²) in [6.45, 7) is 4.20. The van der Waals surface area contributed by atoms with E-state index in [-0.39, 0.29) is 24.2 Å². The Hall–Kier alpha value is -2.85. The molecule has 0 radical (unpaired) electrons. The second-order valence-corrected chi connectivity index (χ2v) is 10.4. The molecule has 0 N–H and O–H groups in total. The Balaban J connectivity index is 1.77. The lowest BCUT2D eigenvalue weighted by atomic mass is 10.1. The minimum absolute atomic E-state index is 0.0524. The summed E-state index contributed by atoms with van der Waals surface area (Å²) in [7, 11) is -4.47. The highest BCUT2D eigenvalue weighted by Crippen LogP contribution is 2.31. The molecule has 1 atom stereocenters. The van der Waals surface area contributed by atoms with E-state index in [0.29, 0.717) is 11.6 Å². The molecule has 1 amide bonds. The lowest BCUT2D eigenvalue weighted by molar-refractivity contribution is -0.137. The molecule has 0 aliphatic heterocycles. The van der Waals surface area contributed by atoms with Gasteiger partial charge in [-0.3, -0.25) is 4.79 Å². The summed E-state index contributed by atoms with van der Waals surface area (Å²) in [5, 5.41) is 0. The Morgan fingerprint density at radius 2 is 1.66 bits per heavy atom. The zero-order valence-electron chi connectivity index (χ0n) is 18.9. The minimum atomic E-state index is -4.68. The third-order valence-corrected chi connectivity index (χ3v) is 7.18. The Labute approximate surface area is 210 Å². The number of carbonyl (C=O) groups is 1. The van der Waals surface area contributed by atoms with Crippen molar-refractivity contribution in [3.05, 3.63) is 94.0 Å². The van der Waals surface area contributed by atoms with Crippen molar-refractivity contribution >= 4 is 32.0 Å². The van der Waals surface area contributed by atoms with Crippen molar-refractivity contribution in [2.24, 2.45) is 0 Å². The second-order valence-electron chi connectivity index (χ2n) is 7.90. The Bertz CT molecular complexity index is 1280. The number of amides is 1. The molecule has 0 aliphatic carbocycles. The summed E-state index contributed by atoms with van der Waals surface area (Å²) in [4.78, 5) is 14.2. The standard InChI is InChI=1S/C25H23BrF3NO4S/c1-3-17(2)30(24(31)19-9-11-21(26)12-10-19)16-18-7-13-22(14-8-18)34-35(32,33)23-6-4-5-20(15-23)25(27,28)29/h4-15,17H,3,16H2,1-2H3. The van der Waals surface area contributed by atoms with E-state index < -0.39 is 26.8 Å². The molecule has 35 heavy (non-hydrogen) atoms. The van der Waals surface area contributed by atoms with Gasteiger partial charge in [-0.05, 0) is 73.5 Å². The van der Waals surface area contributed by atoms with Crippen LogP contribution in [0.5, 0.6) is 5.75 Å². The van der Waals surface area contributed by atoms with Crippen LogP contribution in [0.4, 0.5) is 13.2 Å². The summed E-state index contributed by atoms with van der Waals surface area (Å²) in [5.74, 6) is -0.195. The molecule has 3 aromatic carbocycles. The SMILES string of the molecule is CCC(C)N(Cc1ccc(OS(=O)(=O)c2cccc(C(F)(F)F)c2)cc1)C(=O)c1ccc(Br)cc1. The van der Waals surface area contributed by atoms with Gasteiger partial charge in [-0.1, -0.05) is 41.1 Å². The minimum Gasteiger partial charge on any atom is -0.379 e. The molecule has 0 aliphatic rings. The first-order chi connectivity index (χ1) is 16.4. The number of hydrogen-bond donors (Lipinski definition) is 0. The maximum atomic E-state index is 13.1. The molecule has 0 spiro atoms. The number of rotatable bonds is 8. The topological polar surface area (TPSA) is 63.7 Å². The first-order valence-corrected chi connectivity index (χ1v) is 12.9. The van der Waals surface area contributed by atoms with Crippen LogP contribution in [0, 0.1) is 0 Å². The summed E-state index contributed by atoms with van der Waals surface area (Å²) in [5.41, 5.74) is 0.193. The summed E-state index contributed by atoms with van der Waals surface area (Å²) < 4.78 is 69.7. The highest BCUT2D eigenvalue weighted by atomic mass is 79.9. The Morgan fingerprint density at radius 3 is 2.23 bits per heavy atom. The van der Waals surface area contributed by atoms with E-state index >= 15 is 0 Å². The Morgan fingerprint density at radius 1 is 1.03 bits per heavy atom. The van der Waals surface area contributed by atoms with Crippen LogP contribution >= 0.6 is 15.9 Å². The van der Waals surface area contributed by atoms with E-state index in [4.69, 9.17) is 4.18 Å². The maximum Gasteiger partial charge on any atom is 0.416 e. The average molecular weight is 570 g/mol. The van der Waals surface area contributed by atoms with E-state index in [1.807, 2.05) is 13.8 Å². The summed E-state index contributed by atoms with van der Waals surface area (Å²) >= 11 is 3.35. The second kappa shape index (κ2) is 10.8. The highest BCUT2D eigenvalue weighted by Gasteiger charge is 2.32. The molecule has 0 bridgehead atoms. The van der Waals surface area contributed by atoms with Crippen molar-refractivity contribution in [1.82, 2.24) is 4.90 Å². The van der Waals surface area contributed by atoms with Crippen molar-refractivity contribution in [3.8, 4) is 5.75 Å². The van der Waals surface area contributed by atoms with Gasteiger partial charge in [-0.25, -0.2) is 0 Å². The van der Waals surface area contributed by atoms with Crippen LogP contribution in [0.25, 0.3) is 0 Å². The van der Waals surface area contributed by atoms with Gasteiger partial charge >= 0.3 is 16.3 Å². The predicted molar refractivity (Wildman–Crippen MR) is 129 cm³/mol. The van der Waals surface area contributed by atoms with E-state index in [0.717, 1.165) is 34.7 Å². The first-order valence-electron chi connectivity index (χ1n) is 10.7. The van der Waals surface area contributed by atoms with E-state index in [1.54, 1.807) is 41.3 Å². The number of halogens is 4. The molecule has 186 valence electrons. The van der Waals surface area contributed by atoms with Crippen LogP contribution in [0.15, 0.2) is 82.2 Å². The van der Waals surface area contributed by atoms with Crippen LogP contribution in [-0.2, 0) is 22.8 Å². The number of nitrogens with zero attached hydrogens (tertiary/aromatic N) is 1. The molecule has 3 rings (SSSR count). The quantitative estimate of drug-likeness (QED) is 0.284. The Kier molecular flexibility index (Phi) is 8.27. The van der Waals surface area contributed by atoms with Gasteiger partial charge in [0, 0.05) is 22.6 Å². The van der Waals surface area contributed by atoms with Gasteiger partial charge in [-0.2, -0.15) is 21.6 Å². The smallest absolute Gasteiger partial charge is 0.379 e. The van der Waals surface area contributed by atoms with Crippen LogP contribution in [0.2, 0.25) is 0 Å². The third kappa shape index (κ3) is 6.85. The molecule has 10 heteroatoms. The monoisotopic (exact) mass is 569 g/mol. The van der Waals surface area contributed by atoms with Crippen molar-refractivity contribution in [1.29, 1.82) is 0 Å². The number of hydrogen-bond acceptors (Lipinski definition) is 4. The van der Waals surface area contributed by atoms with Gasteiger partial charge in [0.1, 0.15) is 10.6 Å². The summed E-state index contributed by atoms with van der Waals surface area (Å²) in [6.07, 6.45) is -3.94. The maximum absolute atomic E-state index is 13.1. The predicted octanol–water partition coefficient (Wildman–Crippen LogP) is 6.68. The number of benzene rings is 3. The van der Waals surface area contributed by atoms with Gasteiger partial charge in [0.15, 0.2) is 0 Å². The molecule has 0 saturated heterocycles. The van der Waals surface area contributed by atoms with E-state index in [9.17, 15) is 26.4 Å². The highest BCUT2D eigenvalue weighted by molar-refractivity contribution is 9.10. The van der Waals surface area contributed by atoms with Gasteiger partial charge in [0.25, 0.3) is 5.91 Å². The van der Waals surface area contributed by atoms with Crippen molar-refractivity contribution in [2.75, 3.05) is 0 Å². The van der Waals surface area contributed by atoms with Gasteiger partial charge in [0.05, 0.1) is 5.56 Å². The fourth-order valence-electron chi connectivity index (χ4n) is 3.26. The van der Waals surface area contributed by atoms with Crippen LogP contribution in [-0.4, -0.2) is 25.3 Å². The molecule has 1 unspecified atom stereocenters. The first kappa shape index (κ1) is 26.7. The van der Waals surface area contributed by atoms with Gasteiger partial charge < -0.3 is 9.08 Å². The third-order valence-electron chi connectivity index (χ3n) is 5.41. The molecule has 0 aromatic heterocycles.